The maximum atomic E-state index is 12.0. The van der Waals surface area contributed by atoms with E-state index in [4.69, 9.17) is 5.26 Å². The highest BCUT2D eigenvalue weighted by Crippen LogP contribution is 2.22. The quantitative estimate of drug-likeness (QED) is 0.758. The molecule has 0 N–H and O–H groups in total. The molecule has 0 saturated heterocycles. The van der Waals surface area contributed by atoms with Crippen LogP contribution in [0.4, 0.5) is 0 Å². The first kappa shape index (κ1) is 19.0. The lowest BCUT2D eigenvalue weighted by molar-refractivity contribution is 0.397. The number of sulfonamides is 1. The minimum absolute atomic E-state index is 0.0665. The fraction of sp³-hybridized carbons (Fsp3) is 0.389. The van der Waals surface area contributed by atoms with E-state index in [1.165, 1.54) is 23.0 Å². The fourth-order valence-electron chi connectivity index (χ4n) is 2.61. The lowest BCUT2D eigenvalue weighted by Crippen LogP contribution is -2.34. The zero-order valence-corrected chi connectivity index (χ0v) is 15.5. The van der Waals surface area contributed by atoms with Gasteiger partial charge in [0.15, 0.2) is 0 Å². The lowest BCUT2D eigenvalue weighted by Gasteiger charge is -2.25. The van der Waals surface area contributed by atoms with Crippen LogP contribution in [-0.2, 0) is 16.4 Å². The Kier molecular flexibility index (Phi) is 6.23. The Labute approximate surface area is 149 Å². The van der Waals surface area contributed by atoms with Gasteiger partial charge in [0.25, 0.3) is 0 Å². The van der Waals surface area contributed by atoms with Gasteiger partial charge in [0.05, 0.1) is 11.8 Å². The van der Waals surface area contributed by atoms with Crippen LogP contribution < -0.4 is 0 Å². The van der Waals surface area contributed by atoms with Crippen LogP contribution in [0.2, 0.25) is 0 Å². The van der Waals surface area contributed by atoms with Crippen LogP contribution in [0.15, 0.2) is 36.7 Å². The van der Waals surface area contributed by atoms with E-state index < -0.39 is 10.0 Å². The molecule has 0 radical (unpaired) electrons. The Morgan fingerprint density at radius 1 is 1.20 bits per heavy atom. The molecule has 1 unspecified atom stereocenters. The minimum atomic E-state index is -3.28. The Balaban J connectivity index is 2.30. The largest absolute Gasteiger partial charge is 0.240 e. The highest BCUT2D eigenvalue weighted by molar-refractivity contribution is 7.88. The number of hydrogen-bond donors (Lipinski definition) is 0. The van der Waals surface area contributed by atoms with Crippen LogP contribution in [0.25, 0.3) is 0 Å². The average molecular weight is 358 g/mol. The summed E-state index contributed by atoms with van der Waals surface area (Å²) in [5.74, 6) is 0.525. The third kappa shape index (κ3) is 5.34. The number of benzene rings is 1. The number of likely N-dealkylation sites (N-methyl/N-ethyl adjacent to an activating group) is 1. The molecule has 6 nitrogen and oxygen atoms in total. The SMILES string of the molecule is CCN(CC(Cc1ncc(C#N)cn1)c1ccc(C)cc1)S(C)(=O)=O. The second kappa shape index (κ2) is 8.19. The van der Waals surface area contributed by atoms with E-state index in [0.29, 0.717) is 30.9 Å². The summed E-state index contributed by atoms with van der Waals surface area (Å²) in [6.45, 7) is 4.61. The van der Waals surface area contributed by atoms with Crippen LogP contribution in [0, 0.1) is 18.3 Å². The summed E-state index contributed by atoms with van der Waals surface area (Å²) in [4.78, 5) is 8.45. The summed E-state index contributed by atoms with van der Waals surface area (Å²) in [6, 6.07) is 10.0. The van der Waals surface area contributed by atoms with Crippen molar-refractivity contribution in [1.82, 2.24) is 14.3 Å². The van der Waals surface area contributed by atoms with Gasteiger partial charge < -0.3 is 0 Å². The van der Waals surface area contributed by atoms with Gasteiger partial charge in [0.1, 0.15) is 11.9 Å². The molecular weight excluding hydrogens is 336 g/mol. The number of nitrogens with zero attached hydrogens (tertiary/aromatic N) is 4. The van der Waals surface area contributed by atoms with Gasteiger partial charge in [-0.05, 0) is 12.5 Å². The van der Waals surface area contributed by atoms with Crippen molar-refractivity contribution in [3.8, 4) is 6.07 Å². The molecule has 0 fully saturated rings. The predicted molar refractivity (Wildman–Crippen MR) is 96.5 cm³/mol. The van der Waals surface area contributed by atoms with E-state index >= 15 is 0 Å². The summed E-state index contributed by atoms with van der Waals surface area (Å²) in [6.07, 6.45) is 4.70. The van der Waals surface area contributed by atoms with E-state index in [2.05, 4.69) is 9.97 Å². The van der Waals surface area contributed by atoms with Crippen molar-refractivity contribution in [2.24, 2.45) is 0 Å². The lowest BCUT2D eigenvalue weighted by atomic mass is 9.94. The molecule has 0 bridgehead atoms. The molecule has 0 aliphatic rings. The highest BCUT2D eigenvalue weighted by atomic mass is 32.2. The number of aryl methyl sites for hydroxylation is 1. The van der Waals surface area contributed by atoms with Gasteiger partial charge in [-0.2, -0.15) is 5.26 Å². The van der Waals surface area contributed by atoms with Crippen LogP contribution in [-0.4, -0.2) is 42.0 Å². The van der Waals surface area contributed by atoms with Crippen molar-refractivity contribution in [2.75, 3.05) is 19.3 Å². The van der Waals surface area contributed by atoms with E-state index in [1.54, 1.807) is 0 Å². The molecule has 1 atom stereocenters. The van der Waals surface area contributed by atoms with E-state index in [0.717, 1.165) is 11.1 Å². The topological polar surface area (TPSA) is 86.9 Å². The van der Waals surface area contributed by atoms with Crippen LogP contribution in [0.1, 0.15) is 35.4 Å². The van der Waals surface area contributed by atoms with Crippen molar-refractivity contribution in [3.05, 3.63) is 59.2 Å². The van der Waals surface area contributed by atoms with E-state index in [-0.39, 0.29) is 5.92 Å². The van der Waals surface area contributed by atoms with Gasteiger partial charge in [0, 0.05) is 37.8 Å². The number of rotatable bonds is 7. The van der Waals surface area contributed by atoms with Crippen LogP contribution in [0.5, 0.6) is 0 Å². The first-order chi connectivity index (χ1) is 11.8. The Morgan fingerprint density at radius 3 is 2.28 bits per heavy atom. The van der Waals surface area contributed by atoms with Gasteiger partial charge in [0.2, 0.25) is 10.0 Å². The van der Waals surface area contributed by atoms with Gasteiger partial charge in [-0.3, -0.25) is 0 Å². The third-order valence-electron chi connectivity index (χ3n) is 4.06. The summed E-state index contributed by atoms with van der Waals surface area (Å²) in [5.41, 5.74) is 2.59. The average Bonchev–Trinajstić information content (AvgIpc) is 2.58. The van der Waals surface area contributed by atoms with Crippen molar-refractivity contribution in [3.63, 3.8) is 0 Å². The van der Waals surface area contributed by atoms with Crippen molar-refractivity contribution >= 4 is 10.0 Å². The predicted octanol–water partition coefficient (Wildman–Crippen LogP) is 2.26. The molecule has 0 aliphatic carbocycles. The third-order valence-corrected chi connectivity index (χ3v) is 5.40. The second-order valence-electron chi connectivity index (χ2n) is 6.03. The minimum Gasteiger partial charge on any atom is -0.240 e. The number of hydrogen-bond acceptors (Lipinski definition) is 5. The number of aromatic nitrogens is 2. The molecular formula is C18H22N4O2S. The number of nitriles is 1. The second-order valence-corrected chi connectivity index (χ2v) is 8.01. The molecule has 1 heterocycles. The smallest absolute Gasteiger partial charge is 0.211 e. The fourth-order valence-corrected chi connectivity index (χ4v) is 3.53. The molecule has 2 rings (SSSR count). The normalized spacial score (nSPS) is 12.8. The summed E-state index contributed by atoms with van der Waals surface area (Å²) in [7, 11) is -3.28. The van der Waals surface area contributed by atoms with Crippen LogP contribution in [0.3, 0.4) is 0 Å². The first-order valence-electron chi connectivity index (χ1n) is 8.06. The molecule has 132 valence electrons. The molecule has 0 aliphatic heterocycles. The molecule has 7 heteroatoms. The van der Waals surface area contributed by atoms with Gasteiger partial charge >= 0.3 is 0 Å². The van der Waals surface area contributed by atoms with E-state index in [9.17, 15) is 8.42 Å². The van der Waals surface area contributed by atoms with Gasteiger partial charge in [-0.15, -0.1) is 0 Å². The zero-order valence-electron chi connectivity index (χ0n) is 14.7. The summed E-state index contributed by atoms with van der Waals surface area (Å²) >= 11 is 0. The molecule has 0 spiro atoms. The molecule has 25 heavy (non-hydrogen) atoms. The highest BCUT2D eigenvalue weighted by Gasteiger charge is 2.22. The standard InChI is InChI=1S/C18H22N4O2S/c1-4-22(25(3,23)24)13-17(16-7-5-14(2)6-8-16)9-18-20-11-15(10-19)12-21-18/h5-8,11-12,17H,4,9,13H2,1-3H3. The van der Waals surface area contributed by atoms with Crippen molar-refractivity contribution in [1.29, 1.82) is 5.26 Å². The van der Waals surface area contributed by atoms with Crippen LogP contribution >= 0.6 is 0 Å². The molecule has 0 saturated carbocycles. The molecule has 2 aromatic rings. The van der Waals surface area contributed by atoms with Gasteiger partial charge in [-0.1, -0.05) is 36.8 Å². The molecule has 0 amide bonds. The van der Waals surface area contributed by atoms with Crippen molar-refractivity contribution < 1.29 is 8.42 Å². The van der Waals surface area contributed by atoms with Gasteiger partial charge in [-0.25, -0.2) is 22.7 Å². The Hall–Kier alpha value is -2.30. The maximum Gasteiger partial charge on any atom is 0.211 e. The monoisotopic (exact) mass is 358 g/mol. The van der Waals surface area contributed by atoms with E-state index in [1.807, 2.05) is 44.2 Å². The Bertz CT molecular complexity index is 840. The summed E-state index contributed by atoms with van der Waals surface area (Å²) in [5, 5.41) is 8.85. The first-order valence-corrected chi connectivity index (χ1v) is 9.91. The zero-order chi connectivity index (χ0) is 18.4. The molecule has 1 aromatic carbocycles. The maximum absolute atomic E-state index is 12.0. The summed E-state index contributed by atoms with van der Waals surface area (Å²) < 4.78 is 25.4. The Morgan fingerprint density at radius 2 is 1.80 bits per heavy atom. The molecule has 1 aromatic heterocycles. The van der Waals surface area contributed by atoms with Crippen molar-refractivity contribution in [2.45, 2.75) is 26.2 Å².